The normalized spacial score (nSPS) is 11.8. The lowest BCUT2D eigenvalue weighted by Gasteiger charge is -2.16. The topological polar surface area (TPSA) is 159 Å². The summed E-state index contributed by atoms with van der Waals surface area (Å²) >= 11 is 23.7. The number of halogens is 4. The summed E-state index contributed by atoms with van der Waals surface area (Å²) in [6.07, 6.45) is -1.97. The highest BCUT2D eigenvalue weighted by Crippen LogP contribution is 2.29. The molecule has 3 aromatic rings. The van der Waals surface area contributed by atoms with Crippen LogP contribution in [-0.2, 0) is 9.59 Å². The number of amides is 6. The largest absolute Gasteiger partial charge is 0.479 e. The first-order valence-electron chi connectivity index (χ1n) is 12.0. The van der Waals surface area contributed by atoms with Crippen LogP contribution < -0.4 is 41.8 Å². The van der Waals surface area contributed by atoms with Crippen molar-refractivity contribution in [3.05, 3.63) is 80.8 Å². The second kappa shape index (κ2) is 15.2. The first-order valence-corrected chi connectivity index (χ1v) is 13.5. The minimum absolute atomic E-state index is 0.230. The fraction of sp³-hybridized carbons (Fsp3) is 0.154. The quantitative estimate of drug-likeness (QED) is 0.175. The molecule has 0 fully saturated rings. The van der Waals surface area contributed by atoms with E-state index in [1.807, 2.05) is 0 Å². The Morgan fingerprint density at radius 1 is 0.571 bits per heavy atom. The molecule has 2 unspecified atom stereocenters. The zero-order valence-electron chi connectivity index (χ0n) is 21.9. The molecule has 42 heavy (non-hydrogen) atoms. The number of urea groups is 2. The fourth-order valence-electron chi connectivity index (χ4n) is 3.03. The number of rotatable bonds is 8. The SMILES string of the molecule is CC(Oc1ccc(Cl)cc1Cl)C(=O)NNC(=O)Nc1ccc(NC(=O)NNC(=O)C(C)Oc2ccc(Cl)cc2Cl)cc1. The summed E-state index contributed by atoms with van der Waals surface area (Å²) in [5, 5.41) is 6.30. The lowest BCUT2D eigenvalue weighted by atomic mass is 10.3. The molecule has 6 amide bonds. The first-order chi connectivity index (χ1) is 19.9. The molecule has 0 saturated carbocycles. The van der Waals surface area contributed by atoms with Crippen molar-refractivity contribution >= 4 is 81.7 Å². The van der Waals surface area contributed by atoms with Gasteiger partial charge in [-0.15, -0.1) is 0 Å². The number of anilines is 2. The zero-order valence-corrected chi connectivity index (χ0v) is 24.9. The molecule has 0 saturated heterocycles. The summed E-state index contributed by atoms with van der Waals surface area (Å²) < 4.78 is 11.0. The Kier molecular flexibility index (Phi) is 11.7. The smallest absolute Gasteiger partial charge is 0.337 e. The minimum Gasteiger partial charge on any atom is -0.479 e. The third-order valence-corrected chi connectivity index (χ3v) is 6.19. The maximum Gasteiger partial charge on any atom is 0.337 e. The highest BCUT2D eigenvalue weighted by atomic mass is 35.5. The number of carbonyl (C=O) groups is 4. The Bertz CT molecular complexity index is 1350. The van der Waals surface area contributed by atoms with E-state index in [-0.39, 0.29) is 21.5 Å². The van der Waals surface area contributed by atoms with Gasteiger partial charge in [-0.25, -0.2) is 20.4 Å². The summed E-state index contributed by atoms with van der Waals surface area (Å²) in [5.41, 5.74) is 9.55. The standard InChI is InChI=1S/C26H24Cl4N6O6/c1-13(41-21-9-3-15(27)11-19(21)29)23(37)33-35-25(39)31-17-5-7-18(8-6-17)32-26(40)36-34-24(38)14(2)42-22-10-4-16(28)12-20(22)30/h3-14H,1-2H3,(H,33,37)(H,34,38)(H2,31,35,39)(H2,32,36,40). The van der Waals surface area contributed by atoms with Crippen molar-refractivity contribution in [2.45, 2.75) is 26.1 Å². The van der Waals surface area contributed by atoms with Gasteiger partial charge in [0.1, 0.15) is 11.5 Å². The average molecular weight is 658 g/mol. The summed E-state index contributed by atoms with van der Waals surface area (Å²) in [5.74, 6) is -0.769. The van der Waals surface area contributed by atoms with E-state index >= 15 is 0 Å². The van der Waals surface area contributed by atoms with Gasteiger partial charge in [0.05, 0.1) is 10.0 Å². The lowest BCUT2D eigenvalue weighted by Crippen LogP contribution is -2.48. The van der Waals surface area contributed by atoms with Crippen LogP contribution in [0.5, 0.6) is 11.5 Å². The molecule has 3 rings (SSSR count). The molecule has 0 aliphatic carbocycles. The van der Waals surface area contributed by atoms with Crippen LogP contribution in [-0.4, -0.2) is 36.1 Å². The van der Waals surface area contributed by atoms with Gasteiger partial charge in [-0.2, -0.15) is 0 Å². The monoisotopic (exact) mass is 656 g/mol. The maximum atomic E-state index is 12.2. The van der Waals surface area contributed by atoms with E-state index in [9.17, 15) is 19.2 Å². The van der Waals surface area contributed by atoms with Gasteiger partial charge in [0.25, 0.3) is 11.8 Å². The van der Waals surface area contributed by atoms with Gasteiger partial charge in [0.15, 0.2) is 12.2 Å². The molecular weight excluding hydrogens is 634 g/mol. The summed E-state index contributed by atoms with van der Waals surface area (Å²) in [4.78, 5) is 48.8. The van der Waals surface area contributed by atoms with E-state index in [4.69, 9.17) is 55.9 Å². The number of ether oxygens (including phenoxy) is 2. The Morgan fingerprint density at radius 2 is 0.929 bits per heavy atom. The van der Waals surface area contributed by atoms with Crippen LogP contribution in [0.1, 0.15) is 13.8 Å². The lowest BCUT2D eigenvalue weighted by molar-refractivity contribution is -0.128. The number of carbonyl (C=O) groups excluding carboxylic acids is 4. The van der Waals surface area contributed by atoms with E-state index in [0.29, 0.717) is 21.4 Å². The maximum absolute atomic E-state index is 12.2. The number of benzene rings is 3. The van der Waals surface area contributed by atoms with E-state index < -0.39 is 36.1 Å². The van der Waals surface area contributed by atoms with Crippen molar-refractivity contribution in [2.75, 3.05) is 10.6 Å². The van der Waals surface area contributed by atoms with Gasteiger partial charge in [-0.3, -0.25) is 20.4 Å². The van der Waals surface area contributed by atoms with Gasteiger partial charge < -0.3 is 20.1 Å². The molecule has 0 aliphatic heterocycles. The Labute approximate surface area is 260 Å². The van der Waals surface area contributed by atoms with Gasteiger partial charge in [-0.1, -0.05) is 46.4 Å². The third-order valence-electron chi connectivity index (χ3n) is 5.13. The average Bonchev–Trinajstić information content (AvgIpc) is 2.94. The van der Waals surface area contributed by atoms with Gasteiger partial charge in [0, 0.05) is 21.4 Å². The second-order valence-electron chi connectivity index (χ2n) is 8.38. The van der Waals surface area contributed by atoms with E-state index in [1.165, 1.54) is 62.4 Å². The summed E-state index contributed by atoms with van der Waals surface area (Å²) in [7, 11) is 0. The predicted molar refractivity (Wildman–Crippen MR) is 160 cm³/mol. The number of hydrogen-bond acceptors (Lipinski definition) is 6. The Hall–Kier alpha value is -4.10. The van der Waals surface area contributed by atoms with Crippen molar-refractivity contribution in [2.24, 2.45) is 0 Å². The van der Waals surface area contributed by atoms with Crippen LogP contribution in [0.3, 0.4) is 0 Å². The van der Waals surface area contributed by atoms with E-state index in [2.05, 4.69) is 32.3 Å². The van der Waals surface area contributed by atoms with Crippen LogP contribution in [0.4, 0.5) is 21.0 Å². The molecule has 12 nitrogen and oxygen atoms in total. The van der Waals surface area contributed by atoms with Crippen LogP contribution in [0.2, 0.25) is 20.1 Å². The highest BCUT2D eigenvalue weighted by Gasteiger charge is 2.18. The van der Waals surface area contributed by atoms with Crippen LogP contribution in [0, 0.1) is 0 Å². The fourth-order valence-corrected chi connectivity index (χ4v) is 3.94. The van der Waals surface area contributed by atoms with Crippen LogP contribution in [0.15, 0.2) is 60.7 Å². The zero-order chi connectivity index (χ0) is 30.8. The number of nitrogens with one attached hydrogen (secondary N) is 6. The first kappa shape index (κ1) is 32.4. The molecule has 0 bridgehead atoms. The number of hydrogen-bond donors (Lipinski definition) is 6. The van der Waals surface area contributed by atoms with Gasteiger partial charge >= 0.3 is 12.1 Å². The molecule has 6 N–H and O–H groups in total. The number of hydrazine groups is 2. The summed E-state index contributed by atoms with van der Waals surface area (Å²) in [6.45, 7) is 2.94. The van der Waals surface area contributed by atoms with Crippen molar-refractivity contribution in [3.63, 3.8) is 0 Å². The molecule has 0 aliphatic rings. The molecule has 222 valence electrons. The third kappa shape index (κ3) is 10.1. The predicted octanol–water partition coefficient (Wildman–Crippen LogP) is 5.54. The Balaban J connectivity index is 1.38. The van der Waals surface area contributed by atoms with Crippen molar-refractivity contribution in [1.29, 1.82) is 0 Å². The molecule has 0 radical (unpaired) electrons. The van der Waals surface area contributed by atoms with Gasteiger partial charge in [0.2, 0.25) is 0 Å². The highest BCUT2D eigenvalue weighted by molar-refractivity contribution is 6.36. The van der Waals surface area contributed by atoms with Crippen molar-refractivity contribution in [1.82, 2.24) is 21.7 Å². The van der Waals surface area contributed by atoms with E-state index in [0.717, 1.165) is 0 Å². The second-order valence-corrected chi connectivity index (χ2v) is 10.1. The molecule has 2 atom stereocenters. The van der Waals surface area contributed by atoms with Crippen molar-refractivity contribution < 1.29 is 28.7 Å². The van der Waals surface area contributed by atoms with E-state index in [1.54, 1.807) is 12.1 Å². The molecule has 0 spiro atoms. The minimum atomic E-state index is -0.983. The van der Waals surface area contributed by atoms with Crippen molar-refractivity contribution in [3.8, 4) is 11.5 Å². The summed E-state index contributed by atoms with van der Waals surface area (Å²) in [6, 6.07) is 13.6. The van der Waals surface area contributed by atoms with Crippen LogP contribution in [0.25, 0.3) is 0 Å². The molecular formula is C26H24Cl4N6O6. The Morgan fingerprint density at radius 3 is 1.26 bits per heavy atom. The molecule has 0 heterocycles. The van der Waals surface area contributed by atoms with Gasteiger partial charge in [-0.05, 0) is 74.5 Å². The molecule has 16 heteroatoms. The molecule has 0 aromatic heterocycles. The molecule has 3 aromatic carbocycles. The van der Waals surface area contributed by atoms with Crippen LogP contribution >= 0.6 is 46.4 Å².